The molecule has 0 spiro atoms. The van der Waals surface area contributed by atoms with Gasteiger partial charge in [-0.15, -0.1) is 0 Å². The van der Waals surface area contributed by atoms with Gasteiger partial charge in [0.1, 0.15) is 0 Å². The average Bonchev–Trinajstić information content (AvgIpc) is 2.89. The molecule has 1 saturated heterocycles. The van der Waals surface area contributed by atoms with Crippen molar-refractivity contribution in [2.75, 3.05) is 38.1 Å². The van der Waals surface area contributed by atoms with E-state index in [1.54, 1.807) is 6.07 Å². The van der Waals surface area contributed by atoms with Gasteiger partial charge in [0.2, 0.25) is 0 Å². The van der Waals surface area contributed by atoms with Crippen LogP contribution in [0.1, 0.15) is 23.2 Å². The van der Waals surface area contributed by atoms with Gasteiger partial charge in [0, 0.05) is 31.4 Å². The van der Waals surface area contributed by atoms with Crippen LogP contribution in [0.25, 0.3) is 0 Å². The standard InChI is InChI=1S/C14H19ClN2O/c1-16(8-9-17-6-2-3-7-17)13-5-4-12(11-18)14(15)10-13/h4-5,10-11H,2-3,6-9H2,1H3. The second-order valence-corrected chi connectivity index (χ2v) is 5.20. The number of halogens is 1. The van der Waals surface area contributed by atoms with E-state index in [0.29, 0.717) is 10.6 Å². The molecule has 1 aliphatic rings. The van der Waals surface area contributed by atoms with E-state index in [1.165, 1.54) is 25.9 Å². The van der Waals surface area contributed by atoms with Crippen LogP contribution in [0.15, 0.2) is 18.2 Å². The lowest BCUT2D eigenvalue weighted by Gasteiger charge is -2.23. The van der Waals surface area contributed by atoms with Gasteiger partial charge >= 0.3 is 0 Å². The fourth-order valence-electron chi connectivity index (χ4n) is 2.28. The molecule has 2 rings (SSSR count). The van der Waals surface area contributed by atoms with E-state index < -0.39 is 0 Å². The molecule has 0 atom stereocenters. The molecule has 3 nitrogen and oxygen atoms in total. The molecule has 1 aliphatic heterocycles. The summed E-state index contributed by atoms with van der Waals surface area (Å²) in [5.74, 6) is 0. The largest absolute Gasteiger partial charge is 0.373 e. The Balaban J connectivity index is 1.93. The molecule has 1 aromatic carbocycles. The molecule has 0 amide bonds. The maximum atomic E-state index is 10.7. The summed E-state index contributed by atoms with van der Waals surface area (Å²) in [6, 6.07) is 5.58. The lowest BCUT2D eigenvalue weighted by atomic mass is 10.2. The Bertz CT molecular complexity index is 416. The number of anilines is 1. The van der Waals surface area contributed by atoms with E-state index in [1.807, 2.05) is 12.1 Å². The second kappa shape index (κ2) is 6.21. The minimum Gasteiger partial charge on any atom is -0.373 e. The summed E-state index contributed by atoms with van der Waals surface area (Å²) in [5, 5.41) is 0.524. The van der Waals surface area contributed by atoms with Gasteiger partial charge in [-0.05, 0) is 44.1 Å². The molecular weight excluding hydrogens is 248 g/mol. The highest BCUT2D eigenvalue weighted by atomic mass is 35.5. The molecule has 0 radical (unpaired) electrons. The molecule has 1 fully saturated rings. The Kier molecular flexibility index (Phi) is 4.61. The summed E-state index contributed by atoms with van der Waals surface area (Å²) in [7, 11) is 2.06. The molecule has 0 bridgehead atoms. The highest BCUT2D eigenvalue weighted by molar-refractivity contribution is 6.33. The van der Waals surface area contributed by atoms with Crippen LogP contribution in [0.3, 0.4) is 0 Å². The van der Waals surface area contributed by atoms with Gasteiger partial charge in [-0.25, -0.2) is 0 Å². The molecular formula is C14H19ClN2O. The molecule has 0 aromatic heterocycles. The van der Waals surface area contributed by atoms with E-state index in [9.17, 15) is 4.79 Å². The average molecular weight is 267 g/mol. The Labute approximate surface area is 113 Å². The number of rotatable bonds is 5. The van der Waals surface area contributed by atoms with Gasteiger partial charge in [0.15, 0.2) is 6.29 Å². The summed E-state index contributed by atoms with van der Waals surface area (Å²) < 4.78 is 0. The molecule has 1 aromatic rings. The minimum atomic E-state index is 0.524. The van der Waals surface area contributed by atoms with Gasteiger partial charge in [0.05, 0.1) is 5.02 Å². The zero-order chi connectivity index (χ0) is 13.0. The smallest absolute Gasteiger partial charge is 0.151 e. The van der Waals surface area contributed by atoms with Crippen molar-refractivity contribution < 1.29 is 4.79 Å². The fourth-order valence-corrected chi connectivity index (χ4v) is 2.50. The van der Waals surface area contributed by atoms with Crippen molar-refractivity contribution in [1.82, 2.24) is 4.90 Å². The van der Waals surface area contributed by atoms with Crippen molar-refractivity contribution in [2.24, 2.45) is 0 Å². The molecule has 98 valence electrons. The summed E-state index contributed by atoms with van der Waals surface area (Å²) in [4.78, 5) is 15.4. The minimum absolute atomic E-state index is 0.524. The summed E-state index contributed by atoms with van der Waals surface area (Å²) in [6.45, 7) is 4.51. The van der Waals surface area contributed by atoms with Crippen molar-refractivity contribution in [1.29, 1.82) is 0 Å². The lowest BCUT2D eigenvalue weighted by molar-refractivity contribution is 0.112. The van der Waals surface area contributed by atoms with Gasteiger partial charge in [0.25, 0.3) is 0 Å². The number of carbonyl (C=O) groups is 1. The zero-order valence-electron chi connectivity index (χ0n) is 10.7. The number of carbonyl (C=O) groups excluding carboxylic acids is 1. The third kappa shape index (κ3) is 3.24. The zero-order valence-corrected chi connectivity index (χ0v) is 11.5. The summed E-state index contributed by atoms with van der Waals surface area (Å²) >= 11 is 6.03. The van der Waals surface area contributed by atoms with E-state index in [2.05, 4.69) is 16.8 Å². The first-order valence-electron chi connectivity index (χ1n) is 6.39. The van der Waals surface area contributed by atoms with Crippen molar-refractivity contribution in [3.63, 3.8) is 0 Å². The van der Waals surface area contributed by atoms with Crippen LogP contribution in [-0.2, 0) is 0 Å². The van der Waals surface area contributed by atoms with E-state index in [0.717, 1.165) is 25.1 Å². The summed E-state index contributed by atoms with van der Waals surface area (Å²) in [6.07, 6.45) is 3.43. The first-order valence-corrected chi connectivity index (χ1v) is 6.77. The Morgan fingerprint density at radius 2 is 2.11 bits per heavy atom. The number of nitrogens with zero attached hydrogens (tertiary/aromatic N) is 2. The predicted octanol–water partition coefficient (Wildman–Crippen LogP) is 2.68. The highest BCUT2D eigenvalue weighted by Crippen LogP contribution is 2.22. The quantitative estimate of drug-likeness (QED) is 0.766. The number of hydrogen-bond acceptors (Lipinski definition) is 3. The molecule has 4 heteroatoms. The lowest BCUT2D eigenvalue weighted by Crippen LogP contribution is -2.31. The Morgan fingerprint density at radius 3 is 2.72 bits per heavy atom. The number of aldehydes is 1. The van der Waals surface area contributed by atoms with Crippen LogP contribution in [0.4, 0.5) is 5.69 Å². The number of benzene rings is 1. The van der Waals surface area contributed by atoms with Crippen LogP contribution in [0, 0.1) is 0 Å². The number of likely N-dealkylation sites (N-methyl/N-ethyl adjacent to an activating group) is 1. The normalized spacial score (nSPS) is 15.9. The molecule has 0 N–H and O–H groups in total. The van der Waals surface area contributed by atoms with Crippen molar-refractivity contribution in [3.8, 4) is 0 Å². The van der Waals surface area contributed by atoms with Gasteiger partial charge in [-0.3, -0.25) is 4.79 Å². The molecule has 0 aliphatic carbocycles. The SMILES string of the molecule is CN(CCN1CCCC1)c1ccc(C=O)c(Cl)c1. The first-order chi connectivity index (χ1) is 8.70. The molecule has 0 saturated carbocycles. The highest BCUT2D eigenvalue weighted by Gasteiger charge is 2.12. The van der Waals surface area contributed by atoms with E-state index in [-0.39, 0.29) is 0 Å². The van der Waals surface area contributed by atoms with Crippen LogP contribution < -0.4 is 4.90 Å². The maximum Gasteiger partial charge on any atom is 0.151 e. The maximum absolute atomic E-state index is 10.7. The van der Waals surface area contributed by atoms with E-state index >= 15 is 0 Å². The first kappa shape index (κ1) is 13.4. The number of hydrogen-bond donors (Lipinski definition) is 0. The van der Waals surface area contributed by atoms with Crippen LogP contribution in [-0.4, -0.2) is 44.4 Å². The third-order valence-electron chi connectivity index (χ3n) is 3.50. The van der Waals surface area contributed by atoms with E-state index in [4.69, 9.17) is 11.6 Å². The van der Waals surface area contributed by atoms with Gasteiger partial charge in [-0.1, -0.05) is 11.6 Å². The predicted molar refractivity (Wildman–Crippen MR) is 75.8 cm³/mol. The Hall–Kier alpha value is -1.06. The van der Waals surface area contributed by atoms with Crippen molar-refractivity contribution >= 4 is 23.6 Å². The van der Waals surface area contributed by atoms with Crippen molar-refractivity contribution in [2.45, 2.75) is 12.8 Å². The third-order valence-corrected chi connectivity index (χ3v) is 3.83. The molecule has 18 heavy (non-hydrogen) atoms. The van der Waals surface area contributed by atoms with Crippen molar-refractivity contribution in [3.05, 3.63) is 28.8 Å². The van der Waals surface area contributed by atoms with Gasteiger partial charge in [-0.2, -0.15) is 0 Å². The van der Waals surface area contributed by atoms with Gasteiger partial charge < -0.3 is 9.80 Å². The Morgan fingerprint density at radius 1 is 1.39 bits per heavy atom. The second-order valence-electron chi connectivity index (χ2n) is 4.79. The fraction of sp³-hybridized carbons (Fsp3) is 0.500. The van der Waals surface area contributed by atoms with Crippen LogP contribution in [0.5, 0.6) is 0 Å². The monoisotopic (exact) mass is 266 g/mol. The number of likely N-dealkylation sites (tertiary alicyclic amines) is 1. The molecule has 1 heterocycles. The van der Waals surface area contributed by atoms with Crippen LogP contribution in [0.2, 0.25) is 5.02 Å². The summed E-state index contributed by atoms with van der Waals surface area (Å²) in [5.41, 5.74) is 1.61. The van der Waals surface area contributed by atoms with Crippen LogP contribution >= 0.6 is 11.6 Å². The molecule has 0 unspecified atom stereocenters. The topological polar surface area (TPSA) is 23.6 Å².